The van der Waals surface area contributed by atoms with Gasteiger partial charge < -0.3 is 10.4 Å². The number of hydrogen-bond donors (Lipinski definition) is 2. The van der Waals surface area contributed by atoms with E-state index in [1.54, 1.807) is 6.07 Å². The summed E-state index contributed by atoms with van der Waals surface area (Å²) in [5, 5.41) is 13.0. The highest BCUT2D eigenvalue weighted by atomic mass is 35.5. The molecule has 1 rings (SSSR count). The molecule has 0 radical (unpaired) electrons. The van der Waals surface area contributed by atoms with Crippen molar-refractivity contribution >= 4 is 17.4 Å². The van der Waals surface area contributed by atoms with E-state index >= 15 is 0 Å². The summed E-state index contributed by atoms with van der Waals surface area (Å²) in [6.07, 6.45) is 3.05. The number of hydrogen-bond acceptors (Lipinski definition) is 4. The summed E-state index contributed by atoms with van der Waals surface area (Å²) in [6.45, 7) is 4.73. The van der Waals surface area contributed by atoms with Crippen molar-refractivity contribution < 1.29 is 5.11 Å². The number of nitrogens with one attached hydrogen (secondary N) is 1. The molecule has 0 aliphatic carbocycles. The van der Waals surface area contributed by atoms with Crippen LogP contribution in [0.1, 0.15) is 38.9 Å². The van der Waals surface area contributed by atoms with Gasteiger partial charge in [0, 0.05) is 19.0 Å². The SMILES string of the molecule is CCCc1nc(Cl)cc(NCCC(O)CC)n1. The summed E-state index contributed by atoms with van der Waals surface area (Å²) in [5.41, 5.74) is 0. The zero-order valence-corrected chi connectivity index (χ0v) is 11.2. The van der Waals surface area contributed by atoms with Gasteiger partial charge in [-0.25, -0.2) is 9.97 Å². The van der Waals surface area contributed by atoms with Crippen molar-refractivity contribution in [3.63, 3.8) is 0 Å². The van der Waals surface area contributed by atoms with Crippen molar-refractivity contribution in [3.8, 4) is 0 Å². The van der Waals surface area contributed by atoms with Gasteiger partial charge in [-0.3, -0.25) is 0 Å². The number of aryl methyl sites for hydroxylation is 1. The molecule has 96 valence electrons. The maximum absolute atomic E-state index is 9.43. The predicted molar refractivity (Wildman–Crippen MR) is 70.4 cm³/mol. The maximum atomic E-state index is 9.43. The molecule has 2 N–H and O–H groups in total. The third-order valence-electron chi connectivity index (χ3n) is 2.47. The van der Waals surface area contributed by atoms with Gasteiger partial charge in [0.05, 0.1) is 6.10 Å². The summed E-state index contributed by atoms with van der Waals surface area (Å²) in [5.74, 6) is 1.50. The Morgan fingerprint density at radius 1 is 1.41 bits per heavy atom. The van der Waals surface area contributed by atoms with Crippen molar-refractivity contribution in [1.82, 2.24) is 9.97 Å². The lowest BCUT2D eigenvalue weighted by molar-refractivity contribution is 0.164. The largest absolute Gasteiger partial charge is 0.393 e. The van der Waals surface area contributed by atoms with Crippen molar-refractivity contribution in [3.05, 3.63) is 17.0 Å². The lowest BCUT2D eigenvalue weighted by Crippen LogP contribution is -2.13. The Morgan fingerprint density at radius 2 is 2.18 bits per heavy atom. The molecule has 0 saturated heterocycles. The molecule has 1 aromatic rings. The van der Waals surface area contributed by atoms with Gasteiger partial charge >= 0.3 is 0 Å². The van der Waals surface area contributed by atoms with Crippen LogP contribution in [0.15, 0.2) is 6.07 Å². The average molecular weight is 258 g/mol. The minimum absolute atomic E-state index is 0.255. The van der Waals surface area contributed by atoms with Gasteiger partial charge in [-0.15, -0.1) is 0 Å². The van der Waals surface area contributed by atoms with E-state index in [-0.39, 0.29) is 6.10 Å². The fraction of sp³-hybridized carbons (Fsp3) is 0.667. The van der Waals surface area contributed by atoms with Crippen LogP contribution in [-0.4, -0.2) is 27.7 Å². The molecule has 1 atom stereocenters. The third-order valence-corrected chi connectivity index (χ3v) is 2.66. The van der Waals surface area contributed by atoms with E-state index in [9.17, 15) is 5.11 Å². The highest BCUT2D eigenvalue weighted by Crippen LogP contribution is 2.12. The van der Waals surface area contributed by atoms with Crippen LogP contribution in [0.5, 0.6) is 0 Å². The van der Waals surface area contributed by atoms with Crippen molar-refractivity contribution in [2.45, 2.75) is 45.6 Å². The second-order valence-electron chi connectivity index (χ2n) is 4.02. The normalized spacial score (nSPS) is 12.5. The van der Waals surface area contributed by atoms with Gasteiger partial charge in [-0.2, -0.15) is 0 Å². The van der Waals surface area contributed by atoms with Gasteiger partial charge in [-0.1, -0.05) is 25.4 Å². The molecule has 0 saturated carbocycles. The Bertz CT molecular complexity index is 347. The molecule has 0 aromatic carbocycles. The fourth-order valence-electron chi connectivity index (χ4n) is 1.46. The quantitative estimate of drug-likeness (QED) is 0.738. The predicted octanol–water partition coefficient (Wildman–Crippen LogP) is 2.66. The topological polar surface area (TPSA) is 58.0 Å². The Hall–Kier alpha value is -0.870. The van der Waals surface area contributed by atoms with Crippen molar-refractivity contribution in [2.24, 2.45) is 0 Å². The monoisotopic (exact) mass is 257 g/mol. The molecule has 5 heteroatoms. The standard InChI is InChI=1S/C12H20ClN3O/c1-3-5-11-15-10(13)8-12(16-11)14-7-6-9(17)4-2/h8-9,17H,3-7H2,1-2H3,(H,14,15,16). The Labute approximate surface area is 107 Å². The zero-order chi connectivity index (χ0) is 12.7. The van der Waals surface area contributed by atoms with E-state index in [2.05, 4.69) is 22.2 Å². The molecule has 0 spiro atoms. The number of aliphatic hydroxyl groups is 1. The van der Waals surface area contributed by atoms with Crippen molar-refractivity contribution in [2.75, 3.05) is 11.9 Å². The summed E-state index contributed by atoms with van der Waals surface area (Å²) in [7, 11) is 0. The minimum Gasteiger partial charge on any atom is -0.393 e. The molecule has 1 unspecified atom stereocenters. The van der Waals surface area contributed by atoms with Gasteiger partial charge in [0.1, 0.15) is 16.8 Å². The molecule has 0 fully saturated rings. The first kappa shape index (κ1) is 14.2. The molecule has 0 aliphatic heterocycles. The summed E-state index contributed by atoms with van der Waals surface area (Å²) in [4.78, 5) is 8.51. The van der Waals surface area contributed by atoms with E-state index in [4.69, 9.17) is 11.6 Å². The molecule has 0 bridgehead atoms. The van der Waals surface area contributed by atoms with Crippen LogP contribution in [0.3, 0.4) is 0 Å². The van der Waals surface area contributed by atoms with E-state index in [1.165, 1.54) is 0 Å². The van der Waals surface area contributed by atoms with Crippen LogP contribution in [0, 0.1) is 0 Å². The number of rotatable bonds is 7. The van der Waals surface area contributed by atoms with Crippen LogP contribution >= 0.6 is 11.6 Å². The lowest BCUT2D eigenvalue weighted by atomic mass is 10.2. The van der Waals surface area contributed by atoms with Crippen LogP contribution in [0.2, 0.25) is 5.15 Å². The molecule has 1 aromatic heterocycles. The average Bonchev–Trinajstić information content (AvgIpc) is 2.28. The summed E-state index contributed by atoms with van der Waals surface area (Å²) < 4.78 is 0. The first-order valence-electron chi connectivity index (χ1n) is 6.11. The van der Waals surface area contributed by atoms with Crippen LogP contribution < -0.4 is 5.32 Å². The Morgan fingerprint density at radius 3 is 2.82 bits per heavy atom. The number of anilines is 1. The summed E-state index contributed by atoms with van der Waals surface area (Å²) in [6, 6.07) is 1.71. The second kappa shape index (κ2) is 7.45. The number of aromatic nitrogens is 2. The lowest BCUT2D eigenvalue weighted by Gasteiger charge is -2.10. The Balaban J connectivity index is 2.52. The van der Waals surface area contributed by atoms with Gasteiger partial charge in [0.2, 0.25) is 0 Å². The first-order valence-corrected chi connectivity index (χ1v) is 6.48. The number of nitrogens with zero attached hydrogens (tertiary/aromatic N) is 2. The smallest absolute Gasteiger partial charge is 0.134 e. The molecular formula is C12H20ClN3O. The first-order chi connectivity index (χ1) is 8.15. The number of aliphatic hydroxyl groups excluding tert-OH is 1. The molecule has 0 aliphatic rings. The second-order valence-corrected chi connectivity index (χ2v) is 4.41. The molecule has 17 heavy (non-hydrogen) atoms. The van der Waals surface area contributed by atoms with Gasteiger partial charge in [0.25, 0.3) is 0 Å². The van der Waals surface area contributed by atoms with Crippen LogP contribution in [0.4, 0.5) is 5.82 Å². The van der Waals surface area contributed by atoms with Gasteiger partial charge in [0.15, 0.2) is 0 Å². The molecule has 1 heterocycles. The fourth-order valence-corrected chi connectivity index (χ4v) is 1.66. The van der Waals surface area contributed by atoms with E-state index in [1.807, 2.05) is 6.92 Å². The van der Waals surface area contributed by atoms with E-state index in [0.29, 0.717) is 18.1 Å². The maximum Gasteiger partial charge on any atom is 0.134 e. The number of halogens is 1. The van der Waals surface area contributed by atoms with E-state index in [0.717, 1.165) is 30.9 Å². The zero-order valence-electron chi connectivity index (χ0n) is 10.4. The van der Waals surface area contributed by atoms with Crippen LogP contribution in [-0.2, 0) is 6.42 Å². The van der Waals surface area contributed by atoms with Gasteiger partial charge in [-0.05, 0) is 19.3 Å². The molecular weight excluding hydrogens is 238 g/mol. The van der Waals surface area contributed by atoms with E-state index < -0.39 is 0 Å². The highest BCUT2D eigenvalue weighted by Gasteiger charge is 2.04. The third kappa shape index (κ3) is 5.33. The molecule has 4 nitrogen and oxygen atoms in total. The highest BCUT2D eigenvalue weighted by molar-refractivity contribution is 6.29. The summed E-state index contributed by atoms with van der Waals surface area (Å²) >= 11 is 5.91. The molecule has 0 amide bonds. The minimum atomic E-state index is -0.255. The van der Waals surface area contributed by atoms with Crippen molar-refractivity contribution in [1.29, 1.82) is 0 Å². The Kier molecular flexibility index (Phi) is 6.22. The van der Waals surface area contributed by atoms with Crippen LogP contribution in [0.25, 0.3) is 0 Å².